The number of fused-ring (bicyclic) bond motifs is 1. The molecule has 0 bridgehead atoms. The Bertz CT molecular complexity index is 2910. The smallest absolute Gasteiger partial charge is 0.263 e. The molecule has 424 valence electrons. The molecule has 5 heterocycles. The molecular formula is C59H77N9O9S2. The highest BCUT2D eigenvalue weighted by atomic mass is 32.1. The number of ether oxygens (including phenoxy) is 4. The van der Waals surface area contributed by atoms with Gasteiger partial charge in [0.05, 0.1) is 67.5 Å². The molecule has 5 atom stereocenters. The summed E-state index contributed by atoms with van der Waals surface area (Å²) in [5.74, 6) is -0.612. The Morgan fingerprint density at radius 2 is 1.54 bits per heavy atom. The molecule has 3 aromatic heterocycles. The highest BCUT2D eigenvalue weighted by Crippen LogP contribution is 2.31. The fourth-order valence-corrected chi connectivity index (χ4v) is 11.6. The van der Waals surface area contributed by atoms with Gasteiger partial charge in [-0.2, -0.15) is 0 Å². The molecule has 3 aromatic carbocycles. The third-order valence-electron chi connectivity index (χ3n) is 14.4. The molecule has 20 heteroatoms. The van der Waals surface area contributed by atoms with Crippen LogP contribution >= 0.6 is 22.7 Å². The SMILES string of the molecule is CCCCC(Cc1c[nH]c2ccccc12)NC(=O)c1cnc(N2CCN(c3ccc(OCCOCCOCCOCC(=O)NC(C(=O)N4C[C@H](O)C[C@H]4C(=O)NC(C)c4ccc(-c5scnc5C)cc4)C(C)(C)C)cc3)CC2)s1. The average Bonchev–Trinajstić information content (AvgIpc) is 4.38. The van der Waals surface area contributed by atoms with Crippen molar-refractivity contribution in [1.82, 2.24) is 35.8 Å². The molecular weight excluding hydrogens is 1040 g/mol. The Hall–Kier alpha value is -6.42. The Balaban J connectivity index is 0.671. The predicted molar refractivity (Wildman–Crippen MR) is 310 cm³/mol. The van der Waals surface area contributed by atoms with Crippen molar-refractivity contribution in [2.45, 2.75) is 104 Å². The molecule has 2 saturated heterocycles. The molecule has 4 amide bonds. The summed E-state index contributed by atoms with van der Waals surface area (Å²) in [6.45, 7) is 16.3. The first-order valence-electron chi connectivity index (χ1n) is 27.5. The molecule has 8 rings (SSSR count). The van der Waals surface area contributed by atoms with Crippen LogP contribution < -0.4 is 30.5 Å². The van der Waals surface area contributed by atoms with Gasteiger partial charge in [0.2, 0.25) is 17.7 Å². The number of aromatic nitrogens is 3. The van der Waals surface area contributed by atoms with Crippen LogP contribution in [-0.2, 0) is 35.0 Å². The maximum atomic E-state index is 14.1. The monoisotopic (exact) mass is 1120 g/mol. The third kappa shape index (κ3) is 16.1. The number of thiazole rings is 2. The lowest BCUT2D eigenvalue weighted by Gasteiger charge is -2.36. The Morgan fingerprint density at radius 1 is 0.848 bits per heavy atom. The first kappa shape index (κ1) is 58.7. The maximum Gasteiger partial charge on any atom is 0.263 e. The number of aryl methyl sites for hydroxylation is 1. The molecule has 6 aromatic rings. The third-order valence-corrected chi connectivity index (χ3v) is 16.4. The summed E-state index contributed by atoms with van der Waals surface area (Å²) in [4.78, 5) is 74.3. The number of unbranched alkanes of at least 4 members (excludes halogenated alkanes) is 1. The van der Waals surface area contributed by atoms with Crippen LogP contribution in [-0.4, -0.2) is 152 Å². The molecule has 3 unspecified atom stereocenters. The van der Waals surface area contributed by atoms with Gasteiger partial charge in [0.25, 0.3) is 5.91 Å². The first-order chi connectivity index (χ1) is 38.1. The number of H-pyrrole nitrogens is 1. The molecule has 0 radical (unpaired) electrons. The van der Waals surface area contributed by atoms with Crippen LogP contribution in [0.2, 0.25) is 0 Å². The minimum absolute atomic E-state index is 0.0213. The van der Waals surface area contributed by atoms with E-state index >= 15 is 0 Å². The van der Waals surface area contributed by atoms with Crippen LogP contribution in [0.25, 0.3) is 21.3 Å². The maximum absolute atomic E-state index is 14.1. The molecule has 2 aliphatic rings. The second kappa shape index (κ2) is 28.1. The van der Waals surface area contributed by atoms with Gasteiger partial charge in [-0.15, -0.1) is 11.3 Å². The summed E-state index contributed by atoms with van der Waals surface area (Å²) in [5.41, 5.74) is 7.46. The van der Waals surface area contributed by atoms with E-state index in [-0.39, 0.29) is 56.7 Å². The molecule has 18 nitrogen and oxygen atoms in total. The number of hydrogen-bond donors (Lipinski definition) is 5. The van der Waals surface area contributed by atoms with Gasteiger partial charge >= 0.3 is 0 Å². The zero-order valence-corrected chi connectivity index (χ0v) is 48.0. The molecule has 5 N–H and O–H groups in total. The van der Waals surface area contributed by atoms with Gasteiger partial charge in [-0.3, -0.25) is 19.2 Å². The van der Waals surface area contributed by atoms with E-state index in [4.69, 9.17) is 18.9 Å². The summed E-state index contributed by atoms with van der Waals surface area (Å²) in [6, 6.07) is 22.1. The summed E-state index contributed by atoms with van der Waals surface area (Å²) < 4.78 is 22.8. The largest absolute Gasteiger partial charge is 0.491 e. The Labute approximate surface area is 471 Å². The molecule has 79 heavy (non-hydrogen) atoms. The quantitative estimate of drug-likeness (QED) is 0.0313. The number of amides is 4. The number of likely N-dealkylation sites (tertiary alicyclic amines) is 1. The number of carbonyl (C=O) groups is 4. The number of para-hydroxylation sites is 1. The Kier molecular flexibility index (Phi) is 20.9. The van der Waals surface area contributed by atoms with Gasteiger partial charge in [0, 0.05) is 68.0 Å². The first-order valence-corrected chi connectivity index (χ1v) is 29.2. The minimum Gasteiger partial charge on any atom is -0.491 e. The summed E-state index contributed by atoms with van der Waals surface area (Å²) >= 11 is 3.03. The normalized spacial score (nSPS) is 16.9. The number of rotatable bonds is 27. The fourth-order valence-electron chi connectivity index (χ4n) is 9.96. The summed E-state index contributed by atoms with van der Waals surface area (Å²) in [6.07, 6.45) is 6.79. The molecule has 2 aliphatic heterocycles. The van der Waals surface area contributed by atoms with Crippen LogP contribution in [0.3, 0.4) is 0 Å². The van der Waals surface area contributed by atoms with E-state index in [2.05, 4.69) is 84.2 Å². The van der Waals surface area contributed by atoms with E-state index in [9.17, 15) is 24.3 Å². The number of carbonyl (C=O) groups excluding carboxylic acids is 4. The summed E-state index contributed by atoms with van der Waals surface area (Å²) in [5, 5.41) is 21.9. The van der Waals surface area contributed by atoms with Crippen molar-refractivity contribution in [3.05, 3.63) is 112 Å². The van der Waals surface area contributed by atoms with Crippen molar-refractivity contribution in [3.63, 3.8) is 0 Å². The van der Waals surface area contributed by atoms with Crippen molar-refractivity contribution in [2.24, 2.45) is 5.41 Å². The number of nitrogens with zero attached hydrogens (tertiary/aromatic N) is 5. The number of aliphatic hydroxyl groups excluding tert-OH is 1. The van der Waals surface area contributed by atoms with E-state index in [1.807, 2.05) is 82.6 Å². The highest BCUT2D eigenvalue weighted by molar-refractivity contribution is 7.17. The van der Waals surface area contributed by atoms with Gasteiger partial charge in [-0.05, 0) is 79.1 Å². The zero-order chi connectivity index (χ0) is 55.9. The number of β-amino-alcohol motifs (C(OH)–C–C–N with tert-alkyl or cyclic N) is 1. The topological polar surface area (TPSA) is 213 Å². The predicted octanol–water partition coefficient (Wildman–Crippen LogP) is 7.71. The van der Waals surface area contributed by atoms with Crippen molar-refractivity contribution in [3.8, 4) is 16.2 Å². The zero-order valence-electron chi connectivity index (χ0n) is 46.3. The van der Waals surface area contributed by atoms with Gasteiger partial charge in [-0.1, -0.05) is 94.3 Å². The number of piperazine rings is 1. The average molecular weight is 1120 g/mol. The second-order valence-corrected chi connectivity index (χ2v) is 23.2. The second-order valence-electron chi connectivity index (χ2n) is 21.4. The number of anilines is 2. The lowest BCUT2D eigenvalue weighted by Crippen LogP contribution is -2.58. The van der Waals surface area contributed by atoms with Crippen molar-refractivity contribution < 1.29 is 43.2 Å². The highest BCUT2D eigenvalue weighted by Gasteiger charge is 2.45. The van der Waals surface area contributed by atoms with Crippen LogP contribution in [0.4, 0.5) is 10.8 Å². The standard InChI is InChI=1S/C59H77N9O9S2/c1-7-8-11-44(32-43-34-60-49-13-10-9-12-48(43)49)64-56(72)51-35-61-58(79-51)67-24-22-66(23-25-67)45-18-20-47(21-19-45)77-31-30-75-27-26-74-28-29-76-37-52(70)65-54(59(4,5)6)57(73)68-36-46(69)33-50(68)55(71)63-39(2)41-14-16-42(17-15-41)53-40(3)62-38-78-53/h9-10,12-21,34-35,38-39,44,46,50,54,60,69H,7-8,11,22-33,36-37H2,1-6H3,(H,63,71)(H,64,72)(H,65,70)/t39?,44?,46-,50+,54?/m1/s1. The lowest BCUT2D eigenvalue weighted by atomic mass is 9.85. The minimum atomic E-state index is -0.972. The summed E-state index contributed by atoms with van der Waals surface area (Å²) in [7, 11) is 0. The number of aliphatic hydroxyl groups is 1. The van der Waals surface area contributed by atoms with Gasteiger partial charge in [0.1, 0.15) is 35.9 Å². The number of nitrogens with one attached hydrogen (secondary N) is 4. The van der Waals surface area contributed by atoms with Gasteiger partial charge in [-0.25, -0.2) is 9.97 Å². The van der Waals surface area contributed by atoms with Crippen LogP contribution in [0.15, 0.2) is 90.7 Å². The Morgan fingerprint density at radius 3 is 2.24 bits per heavy atom. The van der Waals surface area contributed by atoms with Crippen LogP contribution in [0.5, 0.6) is 5.75 Å². The van der Waals surface area contributed by atoms with Crippen LogP contribution in [0, 0.1) is 12.3 Å². The molecule has 0 aliphatic carbocycles. The van der Waals surface area contributed by atoms with Crippen LogP contribution in [0.1, 0.15) is 92.8 Å². The molecule has 0 spiro atoms. The van der Waals surface area contributed by atoms with E-state index in [1.54, 1.807) is 17.5 Å². The lowest BCUT2D eigenvalue weighted by molar-refractivity contribution is -0.144. The van der Waals surface area contributed by atoms with Crippen molar-refractivity contribution in [2.75, 3.05) is 88.8 Å². The number of hydrogen-bond acceptors (Lipinski definition) is 15. The molecule has 2 fully saturated rings. The van der Waals surface area contributed by atoms with Crippen molar-refractivity contribution in [1.29, 1.82) is 0 Å². The van der Waals surface area contributed by atoms with E-state index in [1.165, 1.54) is 27.2 Å². The van der Waals surface area contributed by atoms with E-state index < -0.39 is 35.4 Å². The fraction of sp³-hybridized carbons (Fsp3) is 0.492. The van der Waals surface area contributed by atoms with Gasteiger partial charge < -0.3 is 59.7 Å². The number of aromatic amines is 1. The van der Waals surface area contributed by atoms with E-state index in [0.717, 1.165) is 95.6 Å². The van der Waals surface area contributed by atoms with E-state index in [0.29, 0.717) is 31.3 Å². The number of benzene rings is 3. The van der Waals surface area contributed by atoms with Crippen molar-refractivity contribution >= 4 is 68.0 Å². The van der Waals surface area contributed by atoms with Gasteiger partial charge in [0.15, 0.2) is 5.13 Å². The molecule has 0 saturated carbocycles.